The molecule has 18 heavy (non-hydrogen) atoms. The Hall–Kier alpha value is -1.09. The van der Waals surface area contributed by atoms with Gasteiger partial charge in [0, 0.05) is 18.8 Å². The van der Waals surface area contributed by atoms with E-state index in [2.05, 4.69) is 25.7 Å². The minimum atomic E-state index is 0.0975. The molecule has 0 amide bonds. The van der Waals surface area contributed by atoms with Gasteiger partial charge in [-0.25, -0.2) is 4.98 Å². The lowest BCUT2D eigenvalue weighted by atomic mass is 10.1. The molecule has 1 aliphatic heterocycles. The number of aromatic nitrogens is 1. The van der Waals surface area contributed by atoms with E-state index in [9.17, 15) is 5.11 Å². The molecule has 1 atom stereocenters. The number of rotatable bonds is 4. The summed E-state index contributed by atoms with van der Waals surface area (Å²) in [5.74, 6) is 2.24. The van der Waals surface area contributed by atoms with Gasteiger partial charge in [-0.15, -0.1) is 0 Å². The Bertz CT molecular complexity index is 403. The van der Waals surface area contributed by atoms with Crippen molar-refractivity contribution >= 4 is 5.82 Å². The molecule has 0 radical (unpaired) electrons. The number of pyridine rings is 1. The second kappa shape index (κ2) is 5.70. The molecule has 0 saturated carbocycles. The Morgan fingerprint density at radius 3 is 2.78 bits per heavy atom. The second-order valence-electron chi connectivity index (χ2n) is 5.58. The lowest BCUT2D eigenvalue weighted by Gasteiger charge is -2.20. The number of aliphatic hydroxyl groups is 1. The van der Waals surface area contributed by atoms with Crippen molar-refractivity contribution in [2.45, 2.75) is 46.1 Å². The zero-order valence-corrected chi connectivity index (χ0v) is 11.7. The van der Waals surface area contributed by atoms with Gasteiger partial charge in [0.2, 0.25) is 0 Å². The SMILES string of the molecule is CCC1CCN(c2cc(CO)cc(C(C)C)n2)C1. The third kappa shape index (κ3) is 2.83. The lowest BCUT2D eigenvalue weighted by molar-refractivity contribution is 0.281. The highest BCUT2D eigenvalue weighted by Gasteiger charge is 2.22. The first-order valence-corrected chi connectivity index (χ1v) is 7.00. The third-order valence-electron chi connectivity index (χ3n) is 3.85. The van der Waals surface area contributed by atoms with E-state index in [1.165, 1.54) is 12.8 Å². The molecule has 1 aromatic rings. The van der Waals surface area contributed by atoms with Gasteiger partial charge in [-0.3, -0.25) is 0 Å². The maximum absolute atomic E-state index is 9.36. The quantitative estimate of drug-likeness (QED) is 0.890. The summed E-state index contributed by atoms with van der Waals surface area (Å²) in [5, 5.41) is 9.36. The minimum absolute atomic E-state index is 0.0975. The molecule has 1 aliphatic rings. The Labute approximate surface area is 110 Å². The highest BCUT2D eigenvalue weighted by molar-refractivity contribution is 5.44. The van der Waals surface area contributed by atoms with Gasteiger partial charge < -0.3 is 10.0 Å². The highest BCUT2D eigenvalue weighted by Crippen LogP contribution is 2.26. The highest BCUT2D eigenvalue weighted by atomic mass is 16.3. The molecule has 1 saturated heterocycles. The molecule has 0 aliphatic carbocycles. The van der Waals surface area contributed by atoms with Gasteiger partial charge in [0.15, 0.2) is 0 Å². The van der Waals surface area contributed by atoms with Crippen molar-refractivity contribution in [3.63, 3.8) is 0 Å². The standard InChI is InChI=1S/C15H24N2O/c1-4-12-5-6-17(9-12)15-8-13(10-18)7-14(16-15)11(2)3/h7-8,11-12,18H,4-6,9-10H2,1-3H3. The van der Waals surface area contributed by atoms with E-state index < -0.39 is 0 Å². The van der Waals surface area contributed by atoms with Gasteiger partial charge in [-0.05, 0) is 36.0 Å². The van der Waals surface area contributed by atoms with E-state index >= 15 is 0 Å². The van der Waals surface area contributed by atoms with Gasteiger partial charge in [-0.1, -0.05) is 27.2 Å². The molecule has 1 fully saturated rings. The third-order valence-corrected chi connectivity index (χ3v) is 3.85. The zero-order chi connectivity index (χ0) is 13.1. The molecule has 3 nitrogen and oxygen atoms in total. The van der Waals surface area contributed by atoms with Crippen molar-refractivity contribution < 1.29 is 5.11 Å². The molecule has 0 bridgehead atoms. The first-order valence-electron chi connectivity index (χ1n) is 7.00. The van der Waals surface area contributed by atoms with E-state index in [0.29, 0.717) is 5.92 Å². The van der Waals surface area contributed by atoms with Crippen molar-refractivity contribution in [1.29, 1.82) is 0 Å². The van der Waals surface area contributed by atoms with Crippen molar-refractivity contribution in [1.82, 2.24) is 4.98 Å². The van der Waals surface area contributed by atoms with Gasteiger partial charge >= 0.3 is 0 Å². The van der Waals surface area contributed by atoms with Crippen LogP contribution >= 0.6 is 0 Å². The minimum Gasteiger partial charge on any atom is -0.392 e. The smallest absolute Gasteiger partial charge is 0.129 e. The van der Waals surface area contributed by atoms with Gasteiger partial charge in [0.1, 0.15) is 5.82 Å². The van der Waals surface area contributed by atoms with E-state index in [4.69, 9.17) is 4.98 Å². The topological polar surface area (TPSA) is 36.4 Å². The summed E-state index contributed by atoms with van der Waals surface area (Å²) in [4.78, 5) is 7.11. The van der Waals surface area contributed by atoms with Gasteiger partial charge in [0.25, 0.3) is 0 Å². The summed E-state index contributed by atoms with van der Waals surface area (Å²) in [6.07, 6.45) is 2.51. The van der Waals surface area contributed by atoms with E-state index in [1.54, 1.807) is 0 Å². The molecule has 2 rings (SSSR count). The molecule has 3 heteroatoms. The maximum Gasteiger partial charge on any atom is 0.129 e. The maximum atomic E-state index is 9.36. The van der Waals surface area contributed by atoms with Crippen molar-refractivity contribution in [2.24, 2.45) is 5.92 Å². The Kier molecular flexibility index (Phi) is 4.23. The van der Waals surface area contributed by atoms with Crippen LogP contribution in [0, 0.1) is 5.92 Å². The molecular formula is C15H24N2O. The summed E-state index contributed by atoms with van der Waals surface area (Å²) < 4.78 is 0. The summed E-state index contributed by atoms with van der Waals surface area (Å²) in [7, 11) is 0. The largest absolute Gasteiger partial charge is 0.392 e. The molecule has 0 spiro atoms. The van der Waals surface area contributed by atoms with Crippen LogP contribution in [0.5, 0.6) is 0 Å². The first-order chi connectivity index (χ1) is 8.63. The van der Waals surface area contributed by atoms with Crippen LogP contribution in [0.2, 0.25) is 0 Å². The average molecular weight is 248 g/mol. The van der Waals surface area contributed by atoms with Crippen LogP contribution in [0.1, 0.15) is 50.8 Å². The Morgan fingerprint density at radius 1 is 1.44 bits per heavy atom. The number of nitrogens with zero attached hydrogens (tertiary/aromatic N) is 2. The van der Waals surface area contributed by atoms with E-state index in [-0.39, 0.29) is 6.61 Å². The number of anilines is 1. The predicted molar refractivity (Wildman–Crippen MR) is 74.9 cm³/mol. The number of hydrogen-bond donors (Lipinski definition) is 1. The first kappa shape index (κ1) is 13.3. The molecule has 2 heterocycles. The second-order valence-corrected chi connectivity index (χ2v) is 5.58. The van der Waals surface area contributed by atoms with Crippen LogP contribution in [0.3, 0.4) is 0 Å². The van der Waals surface area contributed by atoms with Crippen LogP contribution in [0.25, 0.3) is 0 Å². The van der Waals surface area contributed by atoms with Crippen LogP contribution < -0.4 is 4.90 Å². The summed E-state index contributed by atoms with van der Waals surface area (Å²) in [6, 6.07) is 4.05. The monoisotopic (exact) mass is 248 g/mol. The fourth-order valence-electron chi connectivity index (χ4n) is 2.52. The average Bonchev–Trinajstić information content (AvgIpc) is 2.86. The molecule has 100 valence electrons. The number of hydrogen-bond acceptors (Lipinski definition) is 3. The molecule has 1 N–H and O–H groups in total. The summed E-state index contributed by atoms with van der Waals surface area (Å²) in [6.45, 7) is 8.84. The lowest BCUT2D eigenvalue weighted by Crippen LogP contribution is -2.21. The summed E-state index contributed by atoms with van der Waals surface area (Å²) in [5.41, 5.74) is 2.06. The van der Waals surface area contributed by atoms with Crippen LogP contribution in [-0.4, -0.2) is 23.2 Å². The van der Waals surface area contributed by atoms with Crippen LogP contribution in [-0.2, 0) is 6.61 Å². The van der Waals surface area contributed by atoms with E-state index in [1.807, 2.05) is 12.1 Å². The molecule has 1 unspecified atom stereocenters. The van der Waals surface area contributed by atoms with E-state index in [0.717, 1.165) is 36.1 Å². The predicted octanol–water partition coefficient (Wildman–Crippen LogP) is 2.93. The molecular weight excluding hydrogens is 224 g/mol. The van der Waals surface area contributed by atoms with Crippen molar-refractivity contribution in [3.8, 4) is 0 Å². The summed E-state index contributed by atoms with van der Waals surface area (Å²) >= 11 is 0. The number of aliphatic hydroxyl groups excluding tert-OH is 1. The molecule has 1 aromatic heterocycles. The van der Waals surface area contributed by atoms with Gasteiger partial charge in [-0.2, -0.15) is 0 Å². The van der Waals surface area contributed by atoms with Crippen molar-refractivity contribution in [2.75, 3.05) is 18.0 Å². The normalized spacial score (nSPS) is 19.8. The zero-order valence-electron chi connectivity index (χ0n) is 11.7. The fraction of sp³-hybridized carbons (Fsp3) is 0.667. The molecule has 0 aromatic carbocycles. The van der Waals surface area contributed by atoms with Gasteiger partial charge in [0.05, 0.1) is 6.61 Å². The Balaban J connectivity index is 2.24. The Morgan fingerprint density at radius 2 is 2.22 bits per heavy atom. The van der Waals surface area contributed by atoms with Crippen LogP contribution in [0.15, 0.2) is 12.1 Å². The van der Waals surface area contributed by atoms with Crippen LogP contribution in [0.4, 0.5) is 5.82 Å². The van der Waals surface area contributed by atoms with Crippen molar-refractivity contribution in [3.05, 3.63) is 23.4 Å². The fourth-order valence-corrected chi connectivity index (χ4v) is 2.52.